The Hall–Kier alpha value is -4.14. The maximum atomic E-state index is 13.2. The number of ether oxygens (including phenoxy) is 1. The van der Waals surface area contributed by atoms with Crippen LogP contribution in [0, 0.1) is 0 Å². The third-order valence-corrected chi connectivity index (χ3v) is 4.77. The Morgan fingerprint density at radius 2 is 1.48 bits per heavy atom. The fourth-order valence-corrected chi connectivity index (χ4v) is 3.23. The van der Waals surface area contributed by atoms with Crippen molar-refractivity contribution in [3.05, 3.63) is 71.4 Å². The second-order valence-corrected chi connectivity index (χ2v) is 6.89. The number of benzene rings is 2. The molecule has 0 aliphatic carbocycles. The van der Waals surface area contributed by atoms with Gasteiger partial charge in [0.2, 0.25) is 0 Å². The number of nitrogens with zero attached hydrogens (tertiary/aromatic N) is 1. The summed E-state index contributed by atoms with van der Waals surface area (Å²) in [6.07, 6.45) is 1.41. The lowest BCUT2D eigenvalue weighted by molar-refractivity contribution is -0.256. The van der Waals surface area contributed by atoms with Gasteiger partial charge in [-0.3, -0.25) is 9.69 Å². The van der Waals surface area contributed by atoms with Crippen molar-refractivity contribution in [3.8, 4) is 0 Å². The van der Waals surface area contributed by atoms with E-state index in [4.69, 9.17) is 4.74 Å². The first-order valence-electron chi connectivity index (χ1n) is 9.32. The number of rotatable bonds is 7. The van der Waals surface area contributed by atoms with E-state index in [9.17, 15) is 29.4 Å². The quantitative estimate of drug-likeness (QED) is 0.619. The number of carbonyl (C=O) groups is 4. The Kier molecular flexibility index (Phi) is 5.78. The van der Waals surface area contributed by atoms with Gasteiger partial charge in [0, 0.05) is 11.4 Å². The van der Waals surface area contributed by atoms with Crippen LogP contribution in [0.4, 0.5) is 11.4 Å². The summed E-state index contributed by atoms with van der Waals surface area (Å²) in [5.74, 6) is -3.92. The van der Waals surface area contributed by atoms with Crippen LogP contribution in [0.15, 0.2) is 60.3 Å². The molecule has 0 fully saturated rings. The molecule has 1 aliphatic heterocycles. The summed E-state index contributed by atoms with van der Waals surface area (Å²) >= 11 is 0. The molecule has 31 heavy (non-hydrogen) atoms. The number of carboxylic acids is 2. The van der Waals surface area contributed by atoms with Gasteiger partial charge >= 0.3 is 5.97 Å². The summed E-state index contributed by atoms with van der Waals surface area (Å²) in [4.78, 5) is 49.0. The zero-order valence-corrected chi connectivity index (χ0v) is 16.7. The lowest BCUT2D eigenvalue weighted by Gasteiger charge is -2.32. The van der Waals surface area contributed by atoms with Crippen molar-refractivity contribution in [3.63, 3.8) is 0 Å². The predicted octanol–water partition coefficient (Wildman–Crippen LogP) is 0.0780. The molecule has 0 saturated heterocycles. The van der Waals surface area contributed by atoms with E-state index in [1.165, 1.54) is 66.4 Å². The molecule has 1 heterocycles. The van der Waals surface area contributed by atoms with E-state index in [0.717, 1.165) is 0 Å². The van der Waals surface area contributed by atoms with Crippen LogP contribution in [0.1, 0.15) is 34.6 Å². The van der Waals surface area contributed by atoms with Gasteiger partial charge in [-0.15, -0.1) is 0 Å². The largest absolute Gasteiger partial charge is 0.545 e. The van der Waals surface area contributed by atoms with Gasteiger partial charge in [0.1, 0.15) is 5.70 Å². The molecule has 0 unspecified atom stereocenters. The van der Waals surface area contributed by atoms with E-state index in [2.05, 4.69) is 5.32 Å². The fraction of sp³-hybridized carbons (Fsp3) is 0.182. The molecule has 0 saturated carbocycles. The highest BCUT2D eigenvalue weighted by Gasteiger charge is 2.49. The normalized spacial score (nSPS) is 17.8. The molecule has 9 nitrogen and oxygen atoms in total. The van der Waals surface area contributed by atoms with E-state index in [0.29, 0.717) is 5.69 Å². The van der Waals surface area contributed by atoms with E-state index >= 15 is 0 Å². The van der Waals surface area contributed by atoms with Crippen LogP contribution in [0.5, 0.6) is 0 Å². The smallest absolute Gasteiger partial charge is 0.336 e. The maximum Gasteiger partial charge on any atom is 0.336 e. The molecular formula is C22H18N2O7-2. The van der Waals surface area contributed by atoms with Gasteiger partial charge in [-0.1, -0.05) is 24.3 Å². The molecule has 3 rings (SSSR count). The third kappa shape index (κ3) is 4.11. The minimum Gasteiger partial charge on any atom is -0.545 e. The Labute approximate surface area is 177 Å². The molecule has 160 valence electrons. The van der Waals surface area contributed by atoms with E-state index < -0.39 is 29.4 Å². The SMILES string of the molecule is CCOC(=O)[C@@]1(C)C=C(Nc2ccc(C(=O)[O-])cc2)C(=O)N1c1ccc(C(=O)[O-])cc1. The van der Waals surface area contributed by atoms with Gasteiger partial charge in [0.05, 0.1) is 18.5 Å². The Morgan fingerprint density at radius 3 is 1.97 bits per heavy atom. The van der Waals surface area contributed by atoms with Crippen molar-refractivity contribution in [1.82, 2.24) is 0 Å². The topological polar surface area (TPSA) is 139 Å². The highest BCUT2D eigenvalue weighted by molar-refractivity contribution is 6.16. The molecule has 2 aromatic rings. The first-order chi connectivity index (χ1) is 14.7. The number of nitrogens with one attached hydrogen (secondary N) is 1. The van der Waals surface area contributed by atoms with Gasteiger partial charge in [0.15, 0.2) is 5.54 Å². The highest BCUT2D eigenvalue weighted by atomic mass is 16.5. The Morgan fingerprint density at radius 1 is 0.968 bits per heavy atom. The number of amides is 1. The lowest BCUT2D eigenvalue weighted by atomic mass is 10.0. The molecular weight excluding hydrogens is 404 g/mol. The fourth-order valence-electron chi connectivity index (χ4n) is 3.23. The summed E-state index contributed by atoms with van der Waals surface area (Å²) in [6.45, 7) is 3.24. The molecule has 1 N–H and O–H groups in total. The zero-order chi connectivity index (χ0) is 22.8. The van der Waals surface area contributed by atoms with Crippen LogP contribution >= 0.6 is 0 Å². The minimum absolute atomic E-state index is 0.0247. The molecule has 0 bridgehead atoms. The number of carboxylic acid groups (broad SMARTS) is 2. The van der Waals surface area contributed by atoms with Gasteiger partial charge in [-0.25, -0.2) is 4.79 Å². The molecule has 9 heteroatoms. The summed E-state index contributed by atoms with van der Waals surface area (Å²) in [5, 5.41) is 24.8. The number of hydrogen-bond donors (Lipinski definition) is 1. The highest BCUT2D eigenvalue weighted by Crippen LogP contribution is 2.35. The average molecular weight is 422 g/mol. The van der Waals surface area contributed by atoms with Crippen molar-refractivity contribution in [2.24, 2.45) is 0 Å². The molecule has 2 aromatic carbocycles. The predicted molar refractivity (Wildman–Crippen MR) is 106 cm³/mol. The van der Waals surface area contributed by atoms with Crippen LogP contribution in [0.2, 0.25) is 0 Å². The molecule has 0 aromatic heterocycles. The zero-order valence-electron chi connectivity index (χ0n) is 16.7. The summed E-state index contributed by atoms with van der Waals surface area (Å²) in [7, 11) is 0. The van der Waals surface area contributed by atoms with Crippen molar-refractivity contribution < 1.29 is 34.1 Å². The van der Waals surface area contributed by atoms with Gasteiger partial charge in [0.25, 0.3) is 5.91 Å². The van der Waals surface area contributed by atoms with Crippen LogP contribution < -0.4 is 20.4 Å². The van der Waals surface area contributed by atoms with Crippen LogP contribution in [0.3, 0.4) is 0 Å². The molecule has 1 atom stereocenters. The number of aromatic carboxylic acids is 2. The summed E-state index contributed by atoms with van der Waals surface area (Å²) < 4.78 is 5.15. The van der Waals surface area contributed by atoms with E-state index in [-0.39, 0.29) is 29.1 Å². The first kappa shape index (κ1) is 21.6. The minimum atomic E-state index is -1.50. The maximum absolute atomic E-state index is 13.2. The molecule has 1 amide bonds. The number of anilines is 2. The first-order valence-corrected chi connectivity index (χ1v) is 9.32. The molecule has 0 spiro atoms. The second-order valence-electron chi connectivity index (χ2n) is 6.89. The van der Waals surface area contributed by atoms with Gasteiger partial charge in [-0.05, 0) is 55.3 Å². The molecule has 0 radical (unpaired) electrons. The van der Waals surface area contributed by atoms with Crippen molar-refractivity contribution >= 4 is 35.2 Å². The van der Waals surface area contributed by atoms with Crippen molar-refractivity contribution in [1.29, 1.82) is 0 Å². The number of carbonyl (C=O) groups excluding carboxylic acids is 4. The average Bonchev–Trinajstić information content (AvgIpc) is 2.99. The Balaban J connectivity index is 1.97. The Bertz CT molecular complexity index is 1070. The monoisotopic (exact) mass is 422 g/mol. The third-order valence-electron chi connectivity index (χ3n) is 4.77. The lowest BCUT2D eigenvalue weighted by Crippen LogP contribution is -2.51. The van der Waals surface area contributed by atoms with Crippen molar-refractivity contribution in [2.45, 2.75) is 19.4 Å². The van der Waals surface area contributed by atoms with Crippen molar-refractivity contribution in [2.75, 3.05) is 16.8 Å². The van der Waals surface area contributed by atoms with Crippen LogP contribution in [-0.4, -0.2) is 36.0 Å². The summed E-state index contributed by atoms with van der Waals surface area (Å²) in [5.41, 5.74) is -0.823. The van der Waals surface area contributed by atoms with Gasteiger partial charge in [-0.2, -0.15) is 0 Å². The number of hydrogen-bond acceptors (Lipinski definition) is 8. The van der Waals surface area contributed by atoms with E-state index in [1.807, 2.05) is 0 Å². The standard InChI is InChI=1S/C22H20N2O7/c1-3-31-21(30)22(2)12-17(23-15-8-4-13(5-9-15)19(26)27)18(25)24(22)16-10-6-14(7-11-16)20(28)29/h4-12,23H,3H2,1-2H3,(H,26,27)(H,28,29)/p-2/t22-/m1/s1. The second kappa shape index (κ2) is 8.31. The summed E-state index contributed by atoms with van der Waals surface area (Å²) in [6, 6.07) is 10.9. The molecule has 1 aliphatic rings. The van der Waals surface area contributed by atoms with E-state index in [1.54, 1.807) is 6.92 Å². The van der Waals surface area contributed by atoms with Crippen LogP contribution in [-0.2, 0) is 14.3 Å². The number of esters is 1. The van der Waals surface area contributed by atoms with Gasteiger partial charge < -0.3 is 29.9 Å². The van der Waals surface area contributed by atoms with Crippen LogP contribution in [0.25, 0.3) is 0 Å².